The third-order valence-electron chi connectivity index (χ3n) is 3.02. The summed E-state index contributed by atoms with van der Waals surface area (Å²) in [7, 11) is 0. The molecule has 2 rings (SSSR count). The van der Waals surface area contributed by atoms with Gasteiger partial charge in [-0.2, -0.15) is 4.98 Å². The standard InChI is InChI=1S/C11H13FN4O5/c12-3-1-2-11(20)7(18)6(4-17)21-8(11)16-5-14-9(13)15-10(16)19/h5-8,17-18,20H,3-4H2,(H2,13,15,19)/t6-,7+,8-,11?/m1/s1. The Kier molecular flexibility index (Phi) is 4.19. The Hall–Kier alpha value is -2.06. The summed E-state index contributed by atoms with van der Waals surface area (Å²) >= 11 is 0. The van der Waals surface area contributed by atoms with Crippen molar-refractivity contribution < 1.29 is 24.4 Å². The van der Waals surface area contributed by atoms with E-state index in [1.165, 1.54) is 0 Å². The number of aromatic nitrogens is 3. The van der Waals surface area contributed by atoms with Crippen molar-refractivity contribution in [1.82, 2.24) is 14.5 Å². The van der Waals surface area contributed by atoms with E-state index in [9.17, 15) is 19.4 Å². The van der Waals surface area contributed by atoms with E-state index in [0.29, 0.717) is 0 Å². The molecule has 1 aromatic heterocycles. The van der Waals surface area contributed by atoms with Gasteiger partial charge in [-0.05, 0) is 0 Å². The Morgan fingerprint density at radius 2 is 2.33 bits per heavy atom. The summed E-state index contributed by atoms with van der Waals surface area (Å²) in [6.07, 6.45) is -3.43. The summed E-state index contributed by atoms with van der Waals surface area (Å²) < 4.78 is 18.2. The molecule has 21 heavy (non-hydrogen) atoms. The minimum atomic E-state index is -2.30. The van der Waals surface area contributed by atoms with Crippen LogP contribution in [0.5, 0.6) is 0 Å². The van der Waals surface area contributed by atoms with Crippen LogP contribution in [0, 0.1) is 11.8 Å². The van der Waals surface area contributed by atoms with Crippen molar-refractivity contribution in [1.29, 1.82) is 0 Å². The molecule has 0 aliphatic carbocycles. The van der Waals surface area contributed by atoms with Gasteiger partial charge < -0.3 is 25.8 Å². The third kappa shape index (κ3) is 2.59. The zero-order chi connectivity index (χ0) is 15.6. The highest BCUT2D eigenvalue weighted by Gasteiger charge is 2.56. The second-order valence-electron chi connectivity index (χ2n) is 4.32. The maximum Gasteiger partial charge on any atom is 0.354 e. The molecule has 0 saturated carbocycles. The molecule has 1 aromatic rings. The summed E-state index contributed by atoms with van der Waals surface area (Å²) in [4.78, 5) is 18.7. The fourth-order valence-electron chi connectivity index (χ4n) is 2.02. The topological polar surface area (TPSA) is 144 Å². The molecule has 0 spiro atoms. The number of hydrogen-bond acceptors (Lipinski definition) is 8. The van der Waals surface area contributed by atoms with Gasteiger partial charge in [-0.15, -0.1) is 0 Å². The first kappa shape index (κ1) is 15.3. The first-order chi connectivity index (χ1) is 9.93. The first-order valence-electron chi connectivity index (χ1n) is 5.87. The Bertz CT molecular complexity index is 641. The van der Waals surface area contributed by atoms with Crippen molar-refractivity contribution in [3.05, 3.63) is 16.8 Å². The lowest BCUT2D eigenvalue weighted by atomic mass is 9.94. The van der Waals surface area contributed by atoms with E-state index in [1.54, 1.807) is 0 Å². The highest BCUT2D eigenvalue weighted by molar-refractivity contribution is 5.23. The number of aliphatic hydroxyl groups is 3. The summed E-state index contributed by atoms with van der Waals surface area (Å²) in [6.45, 7) is -1.71. The highest BCUT2D eigenvalue weighted by Crippen LogP contribution is 2.37. The van der Waals surface area contributed by atoms with E-state index >= 15 is 0 Å². The van der Waals surface area contributed by atoms with Gasteiger partial charge in [-0.25, -0.2) is 14.2 Å². The number of rotatable bonds is 2. The smallest absolute Gasteiger partial charge is 0.354 e. The fraction of sp³-hybridized carbons (Fsp3) is 0.545. The molecule has 10 heteroatoms. The van der Waals surface area contributed by atoms with Crippen LogP contribution in [0.1, 0.15) is 6.23 Å². The average Bonchev–Trinajstić information content (AvgIpc) is 2.70. The Morgan fingerprint density at radius 3 is 2.90 bits per heavy atom. The summed E-state index contributed by atoms with van der Waals surface area (Å²) in [6, 6.07) is 0. The van der Waals surface area contributed by atoms with E-state index < -0.39 is 43.0 Å². The second-order valence-corrected chi connectivity index (χ2v) is 4.32. The number of alkyl halides is 1. The van der Waals surface area contributed by atoms with Crippen LogP contribution in [0.25, 0.3) is 0 Å². The molecule has 4 atom stereocenters. The van der Waals surface area contributed by atoms with Crippen LogP contribution in [-0.4, -0.2) is 60.9 Å². The zero-order valence-electron chi connectivity index (χ0n) is 10.7. The van der Waals surface area contributed by atoms with Crippen LogP contribution in [0.2, 0.25) is 0 Å². The van der Waals surface area contributed by atoms with Crippen LogP contribution < -0.4 is 11.4 Å². The third-order valence-corrected chi connectivity index (χ3v) is 3.02. The van der Waals surface area contributed by atoms with Crippen molar-refractivity contribution in [3.63, 3.8) is 0 Å². The number of halogens is 1. The molecule has 1 unspecified atom stereocenters. The molecule has 2 heterocycles. The largest absolute Gasteiger partial charge is 0.394 e. The van der Waals surface area contributed by atoms with Gasteiger partial charge in [-0.3, -0.25) is 4.57 Å². The SMILES string of the molecule is Nc1ncn([C@@H]2O[C@H](CO)[C@H](O)C2(O)C#CCF)c(=O)n1. The van der Waals surface area contributed by atoms with Gasteiger partial charge in [0, 0.05) is 0 Å². The highest BCUT2D eigenvalue weighted by atomic mass is 19.1. The van der Waals surface area contributed by atoms with Crippen molar-refractivity contribution >= 4 is 5.95 Å². The fourth-order valence-corrected chi connectivity index (χ4v) is 2.02. The van der Waals surface area contributed by atoms with Gasteiger partial charge in [0.15, 0.2) is 11.8 Å². The monoisotopic (exact) mass is 300 g/mol. The Labute approximate surface area is 117 Å². The summed E-state index contributed by atoms with van der Waals surface area (Å²) in [5, 5.41) is 29.5. The molecule has 0 aromatic carbocycles. The minimum absolute atomic E-state index is 0.285. The lowest BCUT2D eigenvalue weighted by Gasteiger charge is -2.26. The maximum absolute atomic E-state index is 12.2. The molecule has 1 fully saturated rings. The molecule has 5 N–H and O–H groups in total. The zero-order valence-corrected chi connectivity index (χ0v) is 10.7. The average molecular weight is 300 g/mol. The van der Waals surface area contributed by atoms with Crippen molar-refractivity contribution in [2.75, 3.05) is 19.0 Å². The van der Waals surface area contributed by atoms with Crippen LogP contribution in [0.4, 0.5) is 10.3 Å². The summed E-state index contributed by atoms with van der Waals surface area (Å²) in [5.41, 5.74) is 2.04. The molecule has 1 saturated heterocycles. The van der Waals surface area contributed by atoms with Gasteiger partial charge in [0.1, 0.15) is 25.2 Å². The molecule has 1 aliphatic rings. The van der Waals surface area contributed by atoms with Gasteiger partial charge in [0.05, 0.1) is 6.61 Å². The van der Waals surface area contributed by atoms with Crippen LogP contribution in [0.15, 0.2) is 11.1 Å². The van der Waals surface area contributed by atoms with Gasteiger partial charge in [0.2, 0.25) is 5.95 Å². The lowest BCUT2D eigenvalue weighted by molar-refractivity contribution is -0.0770. The van der Waals surface area contributed by atoms with E-state index in [-0.39, 0.29) is 5.95 Å². The number of nitrogens with two attached hydrogens (primary N) is 1. The molecule has 9 nitrogen and oxygen atoms in total. The van der Waals surface area contributed by atoms with E-state index in [0.717, 1.165) is 10.9 Å². The normalized spacial score (nSPS) is 31.7. The van der Waals surface area contributed by atoms with E-state index in [1.807, 2.05) is 5.92 Å². The molecule has 0 radical (unpaired) electrons. The van der Waals surface area contributed by atoms with Crippen molar-refractivity contribution in [2.45, 2.75) is 24.0 Å². The van der Waals surface area contributed by atoms with Gasteiger partial charge in [-0.1, -0.05) is 11.8 Å². The number of ether oxygens (including phenoxy) is 1. The van der Waals surface area contributed by atoms with E-state index in [4.69, 9.17) is 15.6 Å². The lowest BCUT2D eigenvalue weighted by Crippen LogP contribution is -2.48. The summed E-state index contributed by atoms with van der Waals surface area (Å²) in [5.74, 6) is 3.79. The number of nitrogens with zero attached hydrogens (tertiary/aromatic N) is 3. The van der Waals surface area contributed by atoms with Gasteiger partial charge >= 0.3 is 5.69 Å². The van der Waals surface area contributed by atoms with Crippen LogP contribution >= 0.6 is 0 Å². The van der Waals surface area contributed by atoms with Crippen molar-refractivity contribution in [2.24, 2.45) is 0 Å². The van der Waals surface area contributed by atoms with Crippen LogP contribution in [0.3, 0.4) is 0 Å². The quantitative estimate of drug-likeness (QED) is 0.428. The van der Waals surface area contributed by atoms with Gasteiger partial charge in [0.25, 0.3) is 0 Å². The molecule has 0 bridgehead atoms. The number of anilines is 1. The van der Waals surface area contributed by atoms with Crippen LogP contribution in [-0.2, 0) is 4.74 Å². The number of hydrogen-bond donors (Lipinski definition) is 4. The molecular formula is C11H13FN4O5. The van der Waals surface area contributed by atoms with Crippen molar-refractivity contribution in [3.8, 4) is 11.8 Å². The maximum atomic E-state index is 12.2. The molecule has 0 amide bonds. The molecule has 1 aliphatic heterocycles. The van der Waals surface area contributed by atoms with E-state index in [2.05, 4.69) is 15.9 Å². The minimum Gasteiger partial charge on any atom is -0.394 e. The first-order valence-corrected chi connectivity index (χ1v) is 5.87. The number of aliphatic hydroxyl groups excluding tert-OH is 2. The number of nitrogen functional groups attached to an aromatic ring is 1. The molecule has 114 valence electrons. The Morgan fingerprint density at radius 1 is 1.62 bits per heavy atom. The predicted octanol–water partition coefficient (Wildman–Crippen LogP) is -2.82. The predicted molar refractivity (Wildman–Crippen MR) is 66.4 cm³/mol. The molecular weight excluding hydrogens is 287 g/mol. The second kappa shape index (κ2) is 5.74. The Balaban J connectivity index is 2.51.